The Morgan fingerprint density at radius 1 is 0.969 bits per heavy atom. The maximum atomic E-state index is 13.5. The lowest BCUT2D eigenvalue weighted by Crippen LogP contribution is -2.40. The van der Waals surface area contributed by atoms with Crippen LogP contribution in [0, 0.1) is 0 Å². The molecule has 1 aliphatic heterocycles. The molecule has 0 N–H and O–H groups in total. The quantitative estimate of drug-likeness (QED) is 0.426. The summed E-state index contributed by atoms with van der Waals surface area (Å²) < 4.78 is 4.48. The average molecular weight is 491 g/mol. The number of anilines is 2. The second-order valence-electron chi connectivity index (χ2n) is 7.69. The minimum atomic E-state index is -0.456. The van der Waals surface area contributed by atoms with Gasteiger partial charge in [0.05, 0.1) is 6.54 Å². The highest BCUT2D eigenvalue weighted by Gasteiger charge is 2.27. The molecule has 10 heteroatoms. The molecule has 0 amide bonds. The molecule has 0 radical (unpaired) electrons. The molecular weight excluding hydrogens is 473 g/mol. The van der Waals surface area contributed by atoms with Crippen LogP contribution in [0.2, 0.25) is 15.1 Å². The second-order valence-corrected chi connectivity index (χ2v) is 8.97. The Kier molecular flexibility index (Phi) is 5.28. The van der Waals surface area contributed by atoms with Crippen LogP contribution in [0.4, 0.5) is 11.6 Å². The summed E-state index contributed by atoms with van der Waals surface area (Å²) in [5.74, 6) is 0.628. The molecule has 0 fully saturated rings. The van der Waals surface area contributed by atoms with Crippen molar-refractivity contribution in [2.24, 2.45) is 7.05 Å². The first-order valence-electron chi connectivity index (χ1n) is 10.0. The third-order valence-corrected chi connectivity index (χ3v) is 6.54. The molecule has 2 aromatic carbocycles. The molecule has 0 spiro atoms. The summed E-state index contributed by atoms with van der Waals surface area (Å²) in [6.45, 7) is 1.41. The SMILES string of the molecule is Cn1c(=O)n(Cc2ccc(Cl)cc2Cl)c(=O)c2c1nc1n2CCCN1c1ccc(Cl)cc1. The topological polar surface area (TPSA) is 65.1 Å². The van der Waals surface area contributed by atoms with E-state index in [2.05, 4.69) is 0 Å². The molecule has 0 atom stereocenters. The first-order valence-corrected chi connectivity index (χ1v) is 11.2. The molecule has 5 rings (SSSR count). The fraction of sp³-hybridized carbons (Fsp3) is 0.227. The number of hydrogen-bond donors (Lipinski definition) is 0. The van der Waals surface area contributed by atoms with E-state index in [1.54, 1.807) is 25.2 Å². The lowest BCUT2D eigenvalue weighted by atomic mass is 10.2. The van der Waals surface area contributed by atoms with Gasteiger partial charge in [0.1, 0.15) is 0 Å². The summed E-state index contributed by atoms with van der Waals surface area (Å²) >= 11 is 18.3. The van der Waals surface area contributed by atoms with Crippen LogP contribution >= 0.6 is 34.8 Å². The first kappa shape index (κ1) is 21.1. The van der Waals surface area contributed by atoms with Crippen molar-refractivity contribution in [3.8, 4) is 0 Å². The average Bonchev–Trinajstić information content (AvgIpc) is 3.17. The van der Waals surface area contributed by atoms with E-state index in [1.807, 2.05) is 33.7 Å². The van der Waals surface area contributed by atoms with Crippen molar-refractivity contribution in [1.82, 2.24) is 18.7 Å². The van der Waals surface area contributed by atoms with E-state index in [1.165, 1.54) is 9.13 Å². The van der Waals surface area contributed by atoms with Crippen LogP contribution in [0.15, 0.2) is 52.1 Å². The second kappa shape index (κ2) is 7.99. The number of rotatable bonds is 3. The van der Waals surface area contributed by atoms with Crippen LogP contribution in [0.3, 0.4) is 0 Å². The number of aromatic nitrogens is 4. The minimum absolute atomic E-state index is 0.0405. The normalized spacial score (nSPS) is 13.6. The third-order valence-electron chi connectivity index (χ3n) is 5.70. The first-order chi connectivity index (χ1) is 15.3. The molecule has 0 aliphatic carbocycles. The van der Waals surface area contributed by atoms with Crippen molar-refractivity contribution in [2.75, 3.05) is 11.4 Å². The van der Waals surface area contributed by atoms with Gasteiger partial charge in [0.25, 0.3) is 5.56 Å². The molecule has 164 valence electrons. The van der Waals surface area contributed by atoms with Crippen molar-refractivity contribution in [3.63, 3.8) is 0 Å². The number of hydrogen-bond acceptors (Lipinski definition) is 4. The predicted octanol–water partition coefficient (Wildman–Crippen LogP) is 4.45. The molecule has 3 heterocycles. The van der Waals surface area contributed by atoms with Gasteiger partial charge in [-0.3, -0.25) is 13.9 Å². The van der Waals surface area contributed by atoms with Crippen molar-refractivity contribution in [2.45, 2.75) is 19.5 Å². The van der Waals surface area contributed by atoms with Crippen molar-refractivity contribution in [1.29, 1.82) is 0 Å². The molecule has 0 saturated heterocycles. The van der Waals surface area contributed by atoms with E-state index in [4.69, 9.17) is 39.8 Å². The number of halogens is 3. The van der Waals surface area contributed by atoms with Crippen molar-refractivity contribution in [3.05, 3.63) is 83.9 Å². The monoisotopic (exact) mass is 489 g/mol. The van der Waals surface area contributed by atoms with E-state index in [0.717, 1.165) is 18.7 Å². The smallest absolute Gasteiger partial charge is 0.312 e. The standard InChI is InChI=1S/C22H18Cl3N5O2/c1-27-19-18(20(31)30(22(27)32)12-13-3-4-15(24)11-17(13)25)29-10-2-9-28(21(29)26-19)16-7-5-14(23)6-8-16/h3-8,11H,2,9-10,12H2,1H3. The van der Waals surface area contributed by atoms with E-state index in [0.29, 0.717) is 44.3 Å². The molecule has 7 nitrogen and oxygen atoms in total. The fourth-order valence-corrected chi connectivity index (χ4v) is 4.68. The van der Waals surface area contributed by atoms with Gasteiger partial charge >= 0.3 is 5.69 Å². The summed E-state index contributed by atoms with van der Waals surface area (Å²) in [4.78, 5) is 33.3. The highest BCUT2D eigenvalue weighted by atomic mass is 35.5. The Balaban J connectivity index is 1.69. The Bertz CT molecular complexity index is 1470. The lowest BCUT2D eigenvalue weighted by molar-refractivity contribution is 0.597. The zero-order chi connectivity index (χ0) is 22.6. The molecule has 4 aromatic rings. The number of nitrogens with zero attached hydrogens (tertiary/aromatic N) is 5. The number of aryl methyl sites for hydroxylation is 2. The van der Waals surface area contributed by atoms with Gasteiger partial charge in [-0.2, -0.15) is 4.98 Å². The summed E-state index contributed by atoms with van der Waals surface area (Å²) in [5.41, 5.74) is 1.45. The predicted molar refractivity (Wildman–Crippen MR) is 128 cm³/mol. The Morgan fingerprint density at radius 3 is 2.41 bits per heavy atom. The molecule has 0 saturated carbocycles. The largest absolute Gasteiger partial charge is 0.332 e. The molecular formula is C22H18Cl3N5O2. The van der Waals surface area contributed by atoms with Gasteiger partial charge < -0.3 is 9.47 Å². The van der Waals surface area contributed by atoms with Crippen LogP contribution in [-0.4, -0.2) is 25.2 Å². The third kappa shape index (κ3) is 3.41. The number of fused-ring (bicyclic) bond motifs is 3. The van der Waals surface area contributed by atoms with E-state index in [-0.39, 0.29) is 6.54 Å². The van der Waals surface area contributed by atoms with Gasteiger partial charge in [0.2, 0.25) is 5.95 Å². The van der Waals surface area contributed by atoms with Gasteiger partial charge in [-0.15, -0.1) is 0 Å². The molecule has 2 aromatic heterocycles. The Hall–Kier alpha value is -2.74. The highest BCUT2D eigenvalue weighted by Crippen LogP contribution is 2.31. The number of benzene rings is 2. The van der Waals surface area contributed by atoms with Gasteiger partial charge in [-0.25, -0.2) is 4.79 Å². The maximum absolute atomic E-state index is 13.5. The fourth-order valence-electron chi connectivity index (χ4n) is 4.09. The molecule has 0 bridgehead atoms. The van der Waals surface area contributed by atoms with Gasteiger partial charge in [0.15, 0.2) is 11.2 Å². The van der Waals surface area contributed by atoms with Gasteiger partial charge in [-0.05, 0) is 48.4 Å². The Labute approximate surface area is 198 Å². The highest BCUT2D eigenvalue weighted by molar-refractivity contribution is 6.35. The van der Waals surface area contributed by atoms with Crippen LogP contribution in [0.25, 0.3) is 11.2 Å². The van der Waals surface area contributed by atoms with Crippen LogP contribution in [-0.2, 0) is 20.1 Å². The summed E-state index contributed by atoms with van der Waals surface area (Å²) in [6.07, 6.45) is 0.826. The van der Waals surface area contributed by atoms with E-state index < -0.39 is 11.2 Å². The Morgan fingerprint density at radius 2 is 1.69 bits per heavy atom. The number of imidazole rings is 1. The van der Waals surface area contributed by atoms with Crippen LogP contribution in [0.1, 0.15) is 12.0 Å². The molecule has 0 unspecified atom stereocenters. The molecule has 1 aliphatic rings. The molecule has 32 heavy (non-hydrogen) atoms. The van der Waals surface area contributed by atoms with Gasteiger partial charge in [-0.1, -0.05) is 40.9 Å². The summed E-state index contributed by atoms with van der Waals surface area (Å²) in [7, 11) is 1.62. The zero-order valence-corrected chi connectivity index (χ0v) is 19.3. The van der Waals surface area contributed by atoms with E-state index in [9.17, 15) is 9.59 Å². The summed E-state index contributed by atoms with van der Waals surface area (Å²) in [5, 5.41) is 1.53. The van der Waals surface area contributed by atoms with Crippen LogP contribution in [0.5, 0.6) is 0 Å². The lowest BCUT2D eigenvalue weighted by Gasteiger charge is -2.29. The van der Waals surface area contributed by atoms with Crippen molar-refractivity contribution >= 4 is 57.6 Å². The van der Waals surface area contributed by atoms with Crippen LogP contribution < -0.4 is 16.1 Å². The summed E-state index contributed by atoms with van der Waals surface area (Å²) in [6, 6.07) is 12.5. The van der Waals surface area contributed by atoms with Gasteiger partial charge in [0, 0.05) is 40.9 Å². The minimum Gasteiger partial charge on any atom is -0.312 e. The maximum Gasteiger partial charge on any atom is 0.332 e. The van der Waals surface area contributed by atoms with Crippen molar-refractivity contribution < 1.29 is 0 Å². The zero-order valence-electron chi connectivity index (χ0n) is 17.1. The van der Waals surface area contributed by atoms with E-state index >= 15 is 0 Å².